The number of hydrogen-bond donors (Lipinski definition) is 0. The Kier molecular flexibility index (Phi) is 3.85. The fraction of sp³-hybridized carbons (Fsp3) is 0.188. The van der Waals surface area contributed by atoms with E-state index in [2.05, 4.69) is 18.1 Å². The average Bonchev–Trinajstić information content (AvgIpc) is 2.36. The lowest BCUT2D eigenvalue weighted by Gasteiger charge is -2.19. The molecule has 0 radical (unpaired) electrons. The van der Waals surface area contributed by atoms with Gasteiger partial charge in [-0.05, 0) is 31.6 Å². The third kappa shape index (κ3) is 2.94. The molecule has 1 aliphatic rings. The minimum atomic E-state index is 0.450. The molecule has 98 valence electrons. The van der Waals surface area contributed by atoms with Crippen LogP contribution in [0, 0.1) is 0 Å². The van der Waals surface area contributed by atoms with Crippen LogP contribution in [-0.2, 0) is 4.74 Å². The normalized spacial score (nSPS) is 14.8. The Morgan fingerprint density at radius 1 is 1.37 bits per heavy atom. The first-order valence-electron chi connectivity index (χ1n) is 6.08. The van der Waals surface area contributed by atoms with Crippen molar-refractivity contribution in [3.05, 3.63) is 66.3 Å². The van der Waals surface area contributed by atoms with Gasteiger partial charge in [0.1, 0.15) is 18.1 Å². The first kappa shape index (κ1) is 13.1. The molecule has 3 heteroatoms. The molecule has 1 aromatic rings. The quantitative estimate of drug-likeness (QED) is 0.765. The monoisotopic (exact) mass is 255 g/mol. The van der Waals surface area contributed by atoms with Crippen molar-refractivity contribution in [3.63, 3.8) is 0 Å². The van der Waals surface area contributed by atoms with Crippen molar-refractivity contribution in [2.24, 2.45) is 0 Å². The van der Waals surface area contributed by atoms with Crippen LogP contribution in [0.2, 0.25) is 0 Å². The molecule has 0 bridgehead atoms. The maximum Gasteiger partial charge on any atom is 0.213 e. The number of nitrogens with zero attached hydrogens (tertiary/aromatic N) is 1. The van der Waals surface area contributed by atoms with Crippen LogP contribution < -0.4 is 4.74 Å². The second kappa shape index (κ2) is 5.57. The Hall–Kier alpha value is -2.29. The Balaban J connectivity index is 2.25. The summed E-state index contributed by atoms with van der Waals surface area (Å²) in [6.07, 6.45) is 5.37. The van der Waals surface area contributed by atoms with Gasteiger partial charge in [-0.15, -0.1) is 0 Å². The number of rotatable bonds is 4. The van der Waals surface area contributed by atoms with Gasteiger partial charge >= 0.3 is 0 Å². The molecule has 19 heavy (non-hydrogen) atoms. The highest BCUT2D eigenvalue weighted by molar-refractivity contribution is 5.83. The molecular formula is C16H17NO2. The Morgan fingerprint density at radius 2 is 2.16 bits per heavy atom. The van der Waals surface area contributed by atoms with Crippen LogP contribution in [0.4, 0.5) is 0 Å². The topological polar surface area (TPSA) is 31.4 Å². The number of allylic oxidation sites excluding steroid dienone is 5. The van der Waals surface area contributed by atoms with Crippen LogP contribution in [-0.4, -0.2) is 11.6 Å². The predicted molar refractivity (Wildman–Crippen MR) is 76.5 cm³/mol. The first-order chi connectivity index (χ1) is 9.11. The largest absolute Gasteiger partial charge is 0.473 e. The van der Waals surface area contributed by atoms with Gasteiger partial charge in [-0.3, -0.25) is 0 Å². The van der Waals surface area contributed by atoms with Crippen LogP contribution in [0.1, 0.15) is 19.4 Å². The van der Waals surface area contributed by atoms with Gasteiger partial charge in [-0.25, -0.2) is 4.98 Å². The summed E-state index contributed by atoms with van der Waals surface area (Å²) in [6.45, 7) is 11.9. The van der Waals surface area contributed by atoms with Gasteiger partial charge in [0.2, 0.25) is 5.88 Å². The second-order valence-corrected chi connectivity index (χ2v) is 4.30. The first-order valence-corrected chi connectivity index (χ1v) is 6.08. The molecule has 0 N–H and O–H groups in total. The van der Waals surface area contributed by atoms with Crippen molar-refractivity contribution >= 4 is 5.57 Å². The Morgan fingerprint density at radius 3 is 2.74 bits per heavy atom. The standard InChI is InChI=1S/C16H17NO2/c1-5-8-18-15-7-6-14(10-17-15)16-11(2)9-12(3)19-13(16)4/h5-7,9-10H,1-2,8H2,3-4H3. The number of aromatic nitrogens is 1. The molecule has 0 fully saturated rings. The molecule has 2 heterocycles. The molecule has 0 spiro atoms. The molecular weight excluding hydrogens is 238 g/mol. The zero-order chi connectivity index (χ0) is 13.8. The predicted octanol–water partition coefficient (Wildman–Crippen LogP) is 3.87. The molecule has 3 nitrogen and oxygen atoms in total. The lowest BCUT2D eigenvalue weighted by atomic mass is 9.97. The summed E-state index contributed by atoms with van der Waals surface area (Å²) in [6, 6.07) is 3.78. The zero-order valence-corrected chi connectivity index (χ0v) is 11.3. The minimum absolute atomic E-state index is 0.450. The van der Waals surface area contributed by atoms with Gasteiger partial charge in [-0.2, -0.15) is 0 Å². The Bertz CT molecular complexity index is 565. The molecule has 0 saturated heterocycles. The second-order valence-electron chi connectivity index (χ2n) is 4.30. The van der Waals surface area contributed by atoms with Gasteiger partial charge in [0.05, 0.1) is 0 Å². The third-order valence-electron chi connectivity index (χ3n) is 2.74. The van der Waals surface area contributed by atoms with E-state index in [9.17, 15) is 0 Å². The summed E-state index contributed by atoms with van der Waals surface area (Å²) in [4.78, 5) is 4.26. The van der Waals surface area contributed by atoms with Crippen LogP contribution >= 0.6 is 0 Å². The van der Waals surface area contributed by atoms with E-state index in [1.807, 2.05) is 32.1 Å². The van der Waals surface area contributed by atoms with E-state index in [4.69, 9.17) is 9.47 Å². The van der Waals surface area contributed by atoms with Crippen molar-refractivity contribution < 1.29 is 9.47 Å². The van der Waals surface area contributed by atoms with Crippen LogP contribution in [0.15, 0.2) is 60.7 Å². The summed E-state index contributed by atoms with van der Waals surface area (Å²) in [5, 5.41) is 0. The van der Waals surface area contributed by atoms with E-state index in [1.54, 1.807) is 12.3 Å². The van der Waals surface area contributed by atoms with Crippen molar-refractivity contribution in [1.82, 2.24) is 4.98 Å². The highest BCUT2D eigenvalue weighted by atomic mass is 16.5. The molecule has 1 aromatic heterocycles. The molecule has 0 atom stereocenters. The van der Waals surface area contributed by atoms with Crippen molar-refractivity contribution in [2.45, 2.75) is 13.8 Å². The summed E-state index contributed by atoms with van der Waals surface area (Å²) in [7, 11) is 0. The lowest BCUT2D eigenvalue weighted by molar-refractivity contribution is 0.307. The number of pyridine rings is 1. The maximum absolute atomic E-state index is 5.63. The van der Waals surface area contributed by atoms with Crippen LogP contribution in [0.3, 0.4) is 0 Å². The Labute approximate surface area is 113 Å². The summed E-state index contributed by atoms with van der Waals surface area (Å²) < 4.78 is 11.0. The lowest BCUT2D eigenvalue weighted by Crippen LogP contribution is -2.02. The van der Waals surface area contributed by atoms with Gasteiger partial charge < -0.3 is 9.47 Å². The molecule has 0 saturated carbocycles. The highest BCUT2D eigenvalue weighted by Gasteiger charge is 2.15. The molecule has 0 amide bonds. The number of hydrogen-bond acceptors (Lipinski definition) is 3. The molecule has 0 aromatic carbocycles. The summed E-state index contributed by atoms with van der Waals surface area (Å²) in [5.74, 6) is 2.27. The van der Waals surface area contributed by atoms with Gasteiger partial charge in [-0.1, -0.05) is 19.2 Å². The molecule has 2 rings (SSSR count). The van der Waals surface area contributed by atoms with Crippen molar-refractivity contribution in [1.29, 1.82) is 0 Å². The van der Waals surface area contributed by atoms with E-state index >= 15 is 0 Å². The highest BCUT2D eigenvalue weighted by Crippen LogP contribution is 2.32. The van der Waals surface area contributed by atoms with Gasteiger partial charge in [0, 0.05) is 23.4 Å². The summed E-state index contributed by atoms with van der Waals surface area (Å²) >= 11 is 0. The van der Waals surface area contributed by atoms with E-state index < -0.39 is 0 Å². The minimum Gasteiger partial charge on any atom is -0.473 e. The average molecular weight is 255 g/mol. The SMILES string of the molecule is C=CCOc1ccc(C2=C(C)OC(C)=CC2=C)cn1. The molecule has 0 unspecified atom stereocenters. The van der Waals surface area contributed by atoms with Crippen molar-refractivity contribution in [3.8, 4) is 5.88 Å². The van der Waals surface area contributed by atoms with Gasteiger partial charge in [0.25, 0.3) is 0 Å². The van der Waals surface area contributed by atoms with E-state index in [0.29, 0.717) is 12.5 Å². The zero-order valence-electron chi connectivity index (χ0n) is 11.3. The fourth-order valence-electron chi connectivity index (χ4n) is 2.01. The third-order valence-corrected chi connectivity index (χ3v) is 2.74. The molecule has 1 aliphatic heterocycles. The fourth-order valence-corrected chi connectivity index (χ4v) is 2.01. The summed E-state index contributed by atoms with van der Waals surface area (Å²) in [5.41, 5.74) is 2.88. The van der Waals surface area contributed by atoms with Gasteiger partial charge in [0.15, 0.2) is 0 Å². The van der Waals surface area contributed by atoms with Crippen LogP contribution in [0.25, 0.3) is 5.57 Å². The molecule has 0 aliphatic carbocycles. The maximum atomic E-state index is 5.63. The van der Waals surface area contributed by atoms with Crippen molar-refractivity contribution in [2.75, 3.05) is 6.61 Å². The van der Waals surface area contributed by atoms with E-state index in [1.165, 1.54) is 0 Å². The van der Waals surface area contributed by atoms with E-state index in [0.717, 1.165) is 28.2 Å². The van der Waals surface area contributed by atoms with E-state index in [-0.39, 0.29) is 0 Å². The van der Waals surface area contributed by atoms with Crippen LogP contribution in [0.5, 0.6) is 5.88 Å². The smallest absolute Gasteiger partial charge is 0.213 e. The number of ether oxygens (including phenoxy) is 2.